The number of amides is 1. The third-order valence-electron chi connectivity index (χ3n) is 6.76. The Kier molecular flexibility index (Phi) is 6.29. The van der Waals surface area contributed by atoms with Crippen LogP contribution in [0.15, 0.2) is 24.4 Å². The minimum absolute atomic E-state index is 0.0765. The number of fused-ring (bicyclic) bond motifs is 1. The normalized spacial score (nSPS) is 21.4. The van der Waals surface area contributed by atoms with E-state index < -0.39 is 0 Å². The Hall–Kier alpha value is -2.58. The third-order valence-corrected chi connectivity index (χ3v) is 7.31. The number of carbonyl (C=O) groups is 1. The molecule has 3 aromatic rings. The highest BCUT2D eigenvalue weighted by molar-refractivity contribution is 6.36. The molecule has 2 fully saturated rings. The van der Waals surface area contributed by atoms with Crippen molar-refractivity contribution in [1.82, 2.24) is 19.5 Å². The second-order valence-corrected chi connectivity index (χ2v) is 9.83. The molecule has 2 saturated carbocycles. The molecule has 0 unspecified atom stereocenters. The fourth-order valence-electron chi connectivity index (χ4n) is 4.98. The molecule has 0 atom stereocenters. The summed E-state index contributed by atoms with van der Waals surface area (Å²) in [5, 5.41) is 7.92. The summed E-state index contributed by atoms with van der Waals surface area (Å²) in [7, 11) is 0. The summed E-state index contributed by atoms with van der Waals surface area (Å²) in [6.45, 7) is 0. The minimum Gasteiger partial charge on any atom is -0.369 e. The molecule has 0 aliphatic heterocycles. The molecule has 0 saturated heterocycles. The van der Waals surface area contributed by atoms with Gasteiger partial charge in [0.1, 0.15) is 5.52 Å². The summed E-state index contributed by atoms with van der Waals surface area (Å²) < 4.78 is 2.12. The number of nitrogens with zero attached hydrogens (tertiary/aromatic N) is 4. The van der Waals surface area contributed by atoms with E-state index in [0.717, 1.165) is 44.2 Å². The maximum absolute atomic E-state index is 11.7. The van der Waals surface area contributed by atoms with E-state index in [1.165, 1.54) is 12.8 Å². The molecule has 5 rings (SSSR count). The Balaban J connectivity index is 1.51. The van der Waals surface area contributed by atoms with Crippen molar-refractivity contribution in [2.75, 3.05) is 10.6 Å². The van der Waals surface area contributed by atoms with E-state index in [2.05, 4.69) is 20.2 Å². The van der Waals surface area contributed by atoms with Crippen molar-refractivity contribution >= 4 is 57.9 Å². The van der Waals surface area contributed by atoms with E-state index in [1.54, 1.807) is 18.3 Å². The summed E-state index contributed by atoms with van der Waals surface area (Å²) in [6, 6.07) is 5.85. The number of halogens is 2. The van der Waals surface area contributed by atoms with Crippen molar-refractivity contribution in [2.45, 2.75) is 63.5 Å². The van der Waals surface area contributed by atoms with Crippen LogP contribution in [0.5, 0.6) is 0 Å². The second-order valence-electron chi connectivity index (χ2n) is 8.99. The van der Waals surface area contributed by atoms with E-state index in [-0.39, 0.29) is 17.9 Å². The van der Waals surface area contributed by atoms with Gasteiger partial charge in [0.05, 0.1) is 16.9 Å². The van der Waals surface area contributed by atoms with Gasteiger partial charge in [-0.1, -0.05) is 36.0 Å². The van der Waals surface area contributed by atoms with Crippen LogP contribution in [0.1, 0.15) is 57.4 Å². The predicted octanol–water partition coefficient (Wildman–Crippen LogP) is 5.45. The quantitative estimate of drug-likeness (QED) is 0.426. The molecule has 174 valence electrons. The van der Waals surface area contributed by atoms with E-state index in [0.29, 0.717) is 39.2 Å². The number of nitrogens with one attached hydrogen (secondary N) is 2. The molecule has 2 aliphatic rings. The summed E-state index contributed by atoms with van der Waals surface area (Å²) in [4.78, 5) is 25.8. The first kappa shape index (κ1) is 22.2. The Labute approximate surface area is 202 Å². The minimum atomic E-state index is -0.222. The predicted molar refractivity (Wildman–Crippen MR) is 131 cm³/mol. The zero-order valence-corrected chi connectivity index (χ0v) is 19.7. The monoisotopic (exact) mass is 487 g/mol. The molecule has 8 nitrogen and oxygen atoms in total. The maximum atomic E-state index is 11.7. The number of imidazole rings is 1. The summed E-state index contributed by atoms with van der Waals surface area (Å²) in [5.74, 6) is 0.967. The lowest BCUT2D eigenvalue weighted by Gasteiger charge is -2.29. The average molecular weight is 488 g/mol. The average Bonchev–Trinajstić information content (AvgIpc) is 3.43. The maximum Gasteiger partial charge on any atom is 0.224 e. The van der Waals surface area contributed by atoms with Gasteiger partial charge in [-0.25, -0.2) is 9.97 Å². The van der Waals surface area contributed by atoms with E-state index in [1.807, 2.05) is 6.07 Å². The van der Waals surface area contributed by atoms with Crippen molar-refractivity contribution < 1.29 is 4.79 Å². The zero-order valence-electron chi connectivity index (χ0n) is 18.2. The fourth-order valence-corrected chi connectivity index (χ4v) is 5.43. The molecule has 0 radical (unpaired) electrons. The standard InChI is InChI=1S/C23H27Cl2N7O/c24-14-7-10-18(17(25)11-14)29-23-30-19-12-27-22(28-15-3-1-2-4-15)31-21(19)32(23)16-8-5-13(6-9-16)20(26)33/h7,10-13,15-16H,1-6,8-9H2,(H2,26,33)(H,29,30)(H,27,28,31)/t13-,16+. The lowest BCUT2D eigenvalue weighted by atomic mass is 9.85. The van der Waals surface area contributed by atoms with Crippen LogP contribution in [0.25, 0.3) is 11.2 Å². The van der Waals surface area contributed by atoms with Gasteiger partial charge >= 0.3 is 0 Å². The molecular formula is C23H27Cl2N7O. The molecule has 10 heteroatoms. The summed E-state index contributed by atoms with van der Waals surface area (Å²) in [6.07, 6.45) is 9.64. The Bertz CT molecular complexity index is 1170. The zero-order chi connectivity index (χ0) is 22.9. The number of hydrogen-bond acceptors (Lipinski definition) is 6. The first-order valence-electron chi connectivity index (χ1n) is 11.5. The number of rotatable bonds is 6. The fraction of sp³-hybridized carbons (Fsp3) is 0.478. The van der Waals surface area contributed by atoms with Gasteiger partial charge in [0.15, 0.2) is 5.65 Å². The smallest absolute Gasteiger partial charge is 0.224 e. The van der Waals surface area contributed by atoms with Crippen molar-refractivity contribution in [3.63, 3.8) is 0 Å². The van der Waals surface area contributed by atoms with Crippen LogP contribution in [0, 0.1) is 5.92 Å². The van der Waals surface area contributed by atoms with Gasteiger partial charge in [-0.15, -0.1) is 0 Å². The Morgan fingerprint density at radius 3 is 2.52 bits per heavy atom. The molecule has 33 heavy (non-hydrogen) atoms. The first-order valence-corrected chi connectivity index (χ1v) is 12.3. The highest BCUT2D eigenvalue weighted by Crippen LogP contribution is 2.38. The SMILES string of the molecule is NC(=O)[C@H]1CC[C@@H](n2c(Nc3ccc(Cl)cc3Cl)nc3cnc(NC4CCCC4)nc32)CC1. The van der Waals surface area contributed by atoms with Crippen LogP contribution >= 0.6 is 23.2 Å². The molecule has 2 aromatic heterocycles. The number of nitrogens with two attached hydrogens (primary N) is 1. The van der Waals surface area contributed by atoms with E-state index >= 15 is 0 Å². The van der Waals surface area contributed by atoms with Gasteiger partial charge in [0, 0.05) is 23.0 Å². The first-order chi connectivity index (χ1) is 16.0. The molecule has 2 aliphatic carbocycles. The highest BCUT2D eigenvalue weighted by Gasteiger charge is 2.29. The van der Waals surface area contributed by atoms with Gasteiger partial charge in [0.25, 0.3) is 0 Å². The number of hydrogen-bond donors (Lipinski definition) is 3. The van der Waals surface area contributed by atoms with Crippen LogP contribution in [-0.2, 0) is 4.79 Å². The number of benzene rings is 1. The van der Waals surface area contributed by atoms with Gasteiger partial charge in [-0.05, 0) is 56.7 Å². The van der Waals surface area contributed by atoms with Gasteiger partial charge in [0.2, 0.25) is 17.8 Å². The largest absolute Gasteiger partial charge is 0.369 e. The molecule has 1 aromatic carbocycles. The van der Waals surface area contributed by atoms with Gasteiger partial charge in [-0.2, -0.15) is 4.98 Å². The van der Waals surface area contributed by atoms with Crippen molar-refractivity contribution in [1.29, 1.82) is 0 Å². The lowest BCUT2D eigenvalue weighted by molar-refractivity contribution is -0.122. The van der Waals surface area contributed by atoms with Crippen molar-refractivity contribution in [3.8, 4) is 0 Å². The van der Waals surface area contributed by atoms with Crippen LogP contribution in [0.4, 0.5) is 17.6 Å². The molecular weight excluding hydrogens is 461 g/mol. The van der Waals surface area contributed by atoms with Crippen molar-refractivity contribution in [2.24, 2.45) is 11.7 Å². The molecule has 0 spiro atoms. The van der Waals surface area contributed by atoms with E-state index in [4.69, 9.17) is 38.9 Å². The number of anilines is 3. The van der Waals surface area contributed by atoms with Crippen molar-refractivity contribution in [3.05, 3.63) is 34.4 Å². The summed E-state index contributed by atoms with van der Waals surface area (Å²) >= 11 is 12.5. The number of primary amides is 1. The Morgan fingerprint density at radius 1 is 1.06 bits per heavy atom. The molecule has 2 heterocycles. The highest BCUT2D eigenvalue weighted by atomic mass is 35.5. The number of carbonyl (C=O) groups excluding carboxylic acids is 1. The lowest BCUT2D eigenvalue weighted by Crippen LogP contribution is -2.28. The summed E-state index contributed by atoms with van der Waals surface area (Å²) in [5.41, 5.74) is 7.73. The van der Waals surface area contributed by atoms with Crippen LogP contribution in [0.2, 0.25) is 10.0 Å². The topological polar surface area (TPSA) is 111 Å². The van der Waals surface area contributed by atoms with Crippen LogP contribution in [-0.4, -0.2) is 31.5 Å². The van der Waals surface area contributed by atoms with E-state index in [9.17, 15) is 4.79 Å². The van der Waals surface area contributed by atoms with Gasteiger partial charge < -0.3 is 16.4 Å². The van der Waals surface area contributed by atoms with Crippen LogP contribution < -0.4 is 16.4 Å². The second kappa shape index (κ2) is 9.35. The van der Waals surface area contributed by atoms with Crippen LogP contribution in [0.3, 0.4) is 0 Å². The number of aromatic nitrogens is 4. The molecule has 1 amide bonds. The molecule has 4 N–H and O–H groups in total. The Morgan fingerprint density at radius 2 is 1.82 bits per heavy atom. The van der Waals surface area contributed by atoms with Gasteiger partial charge in [-0.3, -0.25) is 9.36 Å². The molecule has 0 bridgehead atoms. The third kappa shape index (κ3) is 4.73.